The molecule has 72 valence electrons. The van der Waals surface area contributed by atoms with Gasteiger partial charge in [0.05, 0.1) is 6.61 Å². The summed E-state index contributed by atoms with van der Waals surface area (Å²) >= 11 is 1.12. The molecule has 1 aromatic rings. The molecule has 7 heteroatoms. The highest BCUT2D eigenvalue weighted by atomic mass is 32.1. The van der Waals surface area contributed by atoms with E-state index in [9.17, 15) is 4.79 Å². The molecule has 0 radical (unpaired) electrons. The second kappa shape index (κ2) is 4.73. The standard InChI is InChI=1S/C6H10N4O2S/c1-4-8-6(13-10-4)9-5(12)7-2-3-11/h11H,2-3H2,1H3,(H2,7,8,9,10,12). The first-order chi connectivity index (χ1) is 6.22. The fourth-order valence-electron chi connectivity index (χ4n) is 0.659. The Labute approximate surface area is 79.2 Å². The van der Waals surface area contributed by atoms with Crippen LogP contribution in [-0.2, 0) is 0 Å². The van der Waals surface area contributed by atoms with Crippen molar-refractivity contribution in [1.82, 2.24) is 14.7 Å². The Kier molecular flexibility index (Phi) is 3.59. The summed E-state index contributed by atoms with van der Waals surface area (Å²) in [7, 11) is 0. The summed E-state index contributed by atoms with van der Waals surface area (Å²) in [6.07, 6.45) is 0. The van der Waals surface area contributed by atoms with Gasteiger partial charge in [0.25, 0.3) is 0 Å². The first-order valence-electron chi connectivity index (χ1n) is 3.68. The molecule has 13 heavy (non-hydrogen) atoms. The van der Waals surface area contributed by atoms with E-state index in [2.05, 4.69) is 20.0 Å². The Bertz CT molecular complexity index is 288. The lowest BCUT2D eigenvalue weighted by Crippen LogP contribution is -2.30. The predicted octanol–water partition coefficient (Wildman–Crippen LogP) is -0.0397. The summed E-state index contributed by atoms with van der Waals surface area (Å²) in [4.78, 5) is 14.9. The second-order valence-corrected chi connectivity index (χ2v) is 3.00. The van der Waals surface area contributed by atoms with Crippen LogP contribution in [0.5, 0.6) is 0 Å². The average molecular weight is 202 g/mol. The molecular formula is C6H10N4O2S. The zero-order chi connectivity index (χ0) is 9.68. The molecule has 0 saturated carbocycles. The predicted molar refractivity (Wildman–Crippen MR) is 48.8 cm³/mol. The molecule has 0 spiro atoms. The van der Waals surface area contributed by atoms with E-state index in [1.807, 2.05) is 0 Å². The number of hydrogen-bond donors (Lipinski definition) is 3. The maximum absolute atomic E-state index is 11.0. The molecule has 1 heterocycles. The van der Waals surface area contributed by atoms with E-state index in [4.69, 9.17) is 5.11 Å². The van der Waals surface area contributed by atoms with Gasteiger partial charge in [-0.15, -0.1) is 0 Å². The highest BCUT2D eigenvalue weighted by Gasteiger charge is 2.03. The van der Waals surface area contributed by atoms with Gasteiger partial charge < -0.3 is 10.4 Å². The van der Waals surface area contributed by atoms with Crippen LogP contribution in [-0.4, -0.2) is 33.6 Å². The van der Waals surface area contributed by atoms with Gasteiger partial charge in [-0.1, -0.05) is 0 Å². The van der Waals surface area contributed by atoms with Crippen LogP contribution in [0, 0.1) is 6.92 Å². The van der Waals surface area contributed by atoms with E-state index < -0.39 is 0 Å². The maximum atomic E-state index is 11.0. The number of aryl methyl sites for hydroxylation is 1. The lowest BCUT2D eigenvalue weighted by atomic mass is 10.7. The van der Waals surface area contributed by atoms with Crippen molar-refractivity contribution >= 4 is 22.7 Å². The summed E-state index contributed by atoms with van der Waals surface area (Å²) in [5, 5.41) is 13.8. The summed E-state index contributed by atoms with van der Waals surface area (Å²) < 4.78 is 3.89. The van der Waals surface area contributed by atoms with Crippen molar-refractivity contribution in [3.8, 4) is 0 Å². The molecule has 0 unspecified atom stereocenters. The molecule has 0 aliphatic carbocycles. The minimum absolute atomic E-state index is 0.0808. The maximum Gasteiger partial charge on any atom is 0.321 e. The number of rotatable bonds is 3. The zero-order valence-electron chi connectivity index (χ0n) is 7.07. The Balaban J connectivity index is 2.36. The van der Waals surface area contributed by atoms with E-state index in [0.29, 0.717) is 11.0 Å². The molecule has 3 N–H and O–H groups in total. The largest absolute Gasteiger partial charge is 0.395 e. The molecule has 0 saturated heterocycles. The summed E-state index contributed by atoms with van der Waals surface area (Å²) in [5.41, 5.74) is 0. The van der Waals surface area contributed by atoms with Crippen LogP contribution in [0.3, 0.4) is 0 Å². The fraction of sp³-hybridized carbons (Fsp3) is 0.500. The normalized spacial score (nSPS) is 9.69. The Morgan fingerprint density at radius 2 is 2.46 bits per heavy atom. The van der Waals surface area contributed by atoms with E-state index in [0.717, 1.165) is 11.5 Å². The number of hydrogen-bond acceptors (Lipinski definition) is 5. The van der Waals surface area contributed by atoms with Gasteiger partial charge in [0.15, 0.2) is 0 Å². The summed E-state index contributed by atoms with van der Waals surface area (Å²) in [6.45, 7) is 1.89. The third-order valence-corrected chi connectivity index (χ3v) is 1.87. The number of nitrogens with one attached hydrogen (secondary N) is 2. The Morgan fingerprint density at radius 3 is 3.00 bits per heavy atom. The van der Waals surface area contributed by atoms with Crippen molar-refractivity contribution in [1.29, 1.82) is 0 Å². The van der Waals surface area contributed by atoms with E-state index in [-0.39, 0.29) is 19.2 Å². The van der Waals surface area contributed by atoms with Crippen molar-refractivity contribution in [3.05, 3.63) is 5.82 Å². The van der Waals surface area contributed by atoms with Crippen molar-refractivity contribution < 1.29 is 9.90 Å². The SMILES string of the molecule is Cc1nsc(NC(=O)NCCO)n1. The number of aromatic nitrogens is 2. The van der Waals surface area contributed by atoms with Gasteiger partial charge in [-0.2, -0.15) is 4.37 Å². The Hall–Kier alpha value is -1.21. The van der Waals surface area contributed by atoms with Crippen molar-refractivity contribution in [2.45, 2.75) is 6.92 Å². The number of amides is 2. The van der Waals surface area contributed by atoms with Crippen molar-refractivity contribution in [2.24, 2.45) is 0 Å². The number of carbonyl (C=O) groups is 1. The van der Waals surface area contributed by atoms with Crippen LogP contribution in [0.4, 0.5) is 9.93 Å². The monoisotopic (exact) mass is 202 g/mol. The molecule has 0 aromatic carbocycles. The number of aliphatic hydroxyl groups is 1. The van der Waals surface area contributed by atoms with Crippen LogP contribution in [0.2, 0.25) is 0 Å². The average Bonchev–Trinajstić information content (AvgIpc) is 2.48. The Morgan fingerprint density at radius 1 is 1.69 bits per heavy atom. The number of carbonyl (C=O) groups excluding carboxylic acids is 1. The third kappa shape index (κ3) is 3.34. The lowest BCUT2D eigenvalue weighted by molar-refractivity contribution is 0.245. The minimum Gasteiger partial charge on any atom is -0.395 e. The highest BCUT2D eigenvalue weighted by Crippen LogP contribution is 2.08. The molecule has 2 amide bonds. The van der Waals surface area contributed by atoms with Gasteiger partial charge in [0.1, 0.15) is 5.82 Å². The second-order valence-electron chi connectivity index (χ2n) is 2.25. The molecule has 0 bridgehead atoms. The molecule has 1 aromatic heterocycles. The van der Waals surface area contributed by atoms with Crippen LogP contribution in [0.1, 0.15) is 5.82 Å². The van der Waals surface area contributed by atoms with E-state index in [1.165, 1.54) is 0 Å². The van der Waals surface area contributed by atoms with Gasteiger partial charge >= 0.3 is 6.03 Å². The fourth-order valence-corrected chi connectivity index (χ4v) is 1.23. The number of urea groups is 1. The van der Waals surface area contributed by atoms with E-state index in [1.54, 1.807) is 6.92 Å². The molecule has 0 aliphatic heterocycles. The molecule has 0 fully saturated rings. The van der Waals surface area contributed by atoms with Crippen LogP contribution < -0.4 is 10.6 Å². The number of nitrogens with zero attached hydrogens (tertiary/aromatic N) is 2. The zero-order valence-corrected chi connectivity index (χ0v) is 7.89. The smallest absolute Gasteiger partial charge is 0.321 e. The summed E-state index contributed by atoms with van der Waals surface area (Å²) in [5.74, 6) is 0.627. The molecule has 1 rings (SSSR count). The molecule has 6 nitrogen and oxygen atoms in total. The third-order valence-electron chi connectivity index (χ3n) is 1.15. The molecule has 0 aliphatic rings. The van der Waals surface area contributed by atoms with Gasteiger partial charge in [-0.05, 0) is 6.92 Å². The number of aliphatic hydroxyl groups excluding tert-OH is 1. The topological polar surface area (TPSA) is 87.1 Å². The number of anilines is 1. The first-order valence-corrected chi connectivity index (χ1v) is 4.45. The minimum atomic E-state index is -0.384. The van der Waals surface area contributed by atoms with Crippen LogP contribution >= 0.6 is 11.5 Å². The van der Waals surface area contributed by atoms with E-state index >= 15 is 0 Å². The van der Waals surface area contributed by atoms with Gasteiger partial charge in [0, 0.05) is 18.1 Å². The molecular weight excluding hydrogens is 192 g/mol. The van der Waals surface area contributed by atoms with Crippen molar-refractivity contribution in [3.63, 3.8) is 0 Å². The van der Waals surface area contributed by atoms with Crippen LogP contribution in [0.25, 0.3) is 0 Å². The van der Waals surface area contributed by atoms with Gasteiger partial charge in [-0.3, -0.25) is 5.32 Å². The lowest BCUT2D eigenvalue weighted by Gasteiger charge is -2.01. The molecule has 0 atom stereocenters. The van der Waals surface area contributed by atoms with Gasteiger partial charge in [-0.25, -0.2) is 9.78 Å². The highest BCUT2D eigenvalue weighted by molar-refractivity contribution is 7.09. The summed E-state index contributed by atoms with van der Waals surface area (Å²) in [6, 6.07) is -0.384. The van der Waals surface area contributed by atoms with Gasteiger partial charge in [0.2, 0.25) is 5.13 Å². The van der Waals surface area contributed by atoms with Crippen molar-refractivity contribution in [2.75, 3.05) is 18.5 Å². The van der Waals surface area contributed by atoms with Crippen LogP contribution in [0.15, 0.2) is 0 Å². The quantitative estimate of drug-likeness (QED) is 0.642. The first kappa shape index (κ1) is 9.87.